The molecule has 0 amide bonds. The maximum atomic E-state index is 12.2. The number of nitrogens with zero attached hydrogens (tertiary/aromatic N) is 2. The second-order valence-electron chi connectivity index (χ2n) is 6.44. The van der Waals surface area contributed by atoms with E-state index in [1.165, 1.54) is 24.2 Å². The Morgan fingerprint density at radius 3 is 2.74 bits per heavy atom. The first kappa shape index (κ1) is 24.6. The molecule has 0 aliphatic heterocycles. The SMILES string of the molecule is CCNC(=NCCNS(=O)(=O)c1ccc(C)s1)N(C)CCOCC1CC1.I. The van der Waals surface area contributed by atoms with Crippen molar-refractivity contribution in [2.75, 3.05) is 46.4 Å². The van der Waals surface area contributed by atoms with Crippen molar-refractivity contribution < 1.29 is 13.2 Å². The molecule has 1 aromatic rings. The van der Waals surface area contributed by atoms with Gasteiger partial charge in [-0.25, -0.2) is 13.1 Å². The summed E-state index contributed by atoms with van der Waals surface area (Å²) < 4.78 is 33.0. The summed E-state index contributed by atoms with van der Waals surface area (Å²) in [6.45, 7) is 7.56. The molecule has 1 aromatic heterocycles. The molecule has 0 bridgehead atoms. The van der Waals surface area contributed by atoms with Crippen molar-refractivity contribution >= 4 is 51.3 Å². The second kappa shape index (κ2) is 12.2. The van der Waals surface area contributed by atoms with E-state index in [-0.39, 0.29) is 30.5 Å². The van der Waals surface area contributed by atoms with Gasteiger partial charge in [0.1, 0.15) is 4.21 Å². The summed E-state index contributed by atoms with van der Waals surface area (Å²) in [5, 5.41) is 3.22. The third-order valence-electron chi connectivity index (χ3n) is 3.96. The molecular formula is C17H31IN4O3S2. The van der Waals surface area contributed by atoms with Crippen LogP contribution in [0, 0.1) is 12.8 Å². The van der Waals surface area contributed by atoms with E-state index in [1.54, 1.807) is 12.1 Å². The van der Waals surface area contributed by atoms with E-state index < -0.39 is 10.0 Å². The maximum Gasteiger partial charge on any atom is 0.250 e. The zero-order valence-electron chi connectivity index (χ0n) is 16.2. The summed E-state index contributed by atoms with van der Waals surface area (Å²) >= 11 is 1.27. The Kier molecular flexibility index (Phi) is 11.1. The van der Waals surface area contributed by atoms with Gasteiger partial charge in [-0.3, -0.25) is 4.99 Å². The number of hydrogen-bond acceptors (Lipinski definition) is 5. The Morgan fingerprint density at radius 1 is 1.41 bits per heavy atom. The molecule has 10 heteroatoms. The van der Waals surface area contributed by atoms with Crippen LogP contribution in [0.15, 0.2) is 21.3 Å². The van der Waals surface area contributed by atoms with Crippen molar-refractivity contribution in [1.29, 1.82) is 0 Å². The topological polar surface area (TPSA) is 83.0 Å². The zero-order valence-corrected chi connectivity index (χ0v) is 20.2. The smallest absolute Gasteiger partial charge is 0.250 e. The van der Waals surface area contributed by atoms with E-state index in [2.05, 4.69) is 15.0 Å². The fourth-order valence-electron chi connectivity index (χ4n) is 2.28. The molecular weight excluding hydrogens is 499 g/mol. The average molecular weight is 530 g/mol. The van der Waals surface area contributed by atoms with Crippen molar-refractivity contribution in [3.05, 3.63) is 17.0 Å². The lowest BCUT2D eigenvalue weighted by atomic mass is 10.5. The van der Waals surface area contributed by atoms with E-state index in [0.717, 1.165) is 36.5 Å². The van der Waals surface area contributed by atoms with Crippen molar-refractivity contribution in [3.63, 3.8) is 0 Å². The number of guanidine groups is 1. The van der Waals surface area contributed by atoms with Crippen LogP contribution in [-0.2, 0) is 14.8 Å². The van der Waals surface area contributed by atoms with Crippen LogP contribution in [0.5, 0.6) is 0 Å². The van der Waals surface area contributed by atoms with Gasteiger partial charge in [0.15, 0.2) is 5.96 Å². The van der Waals surface area contributed by atoms with Crippen LogP contribution in [-0.4, -0.2) is 65.7 Å². The molecule has 7 nitrogen and oxygen atoms in total. The molecule has 27 heavy (non-hydrogen) atoms. The highest BCUT2D eigenvalue weighted by molar-refractivity contribution is 14.0. The van der Waals surface area contributed by atoms with Gasteiger partial charge in [-0.15, -0.1) is 35.3 Å². The average Bonchev–Trinajstić information content (AvgIpc) is 3.32. The predicted octanol–water partition coefficient (Wildman–Crippen LogP) is 2.28. The Balaban J connectivity index is 0.00000364. The maximum absolute atomic E-state index is 12.2. The minimum atomic E-state index is -3.44. The summed E-state index contributed by atoms with van der Waals surface area (Å²) in [6.07, 6.45) is 2.59. The van der Waals surface area contributed by atoms with Gasteiger partial charge in [0.2, 0.25) is 10.0 Å². The van der Waals surface area contributed by atoms with E-state index in [0.29, 0.717) is 17.4 Å². The molecule has 1 aliphatic carbocycles. The summed E-state index contributed by atoms with van der Waals surface area (Å²) in [4.78, 5) is 7.48. The van der Waals surface area contributed by atoms with Gasteiger partial charge < -0.3 is 15.0 Å². The Hall–Kier alpha value is -0.430. The van der Waals surface area contributed by atoms with E-state index in [9.17, 15) is 8.42 Å². The molecule has 2 rings (SSSR count). The fourth-order valence-corrected chi connectivity index (χ4v) is 4.63. The van der Waals surface area contributed by atoms with Crippen molar-refractivity contribution in [3.8, 4) is 0 Å². The second-order valence-corrected chi connectivity index (χ2v) is 9.72. The lowest BCUT2D eigenvalue weighted by molar-refractivity contribution is 0.115. The van der Waals surface area contributed by atoms with Crippen LogP contribution >= 0.6 is 35.3 Å². The highest BCUT2D eigenvalue weighted by atomic mass is 127. The number of nitrogens with one attached hydrogen (secondary N) is 2. The minimum absolute atomic E-state index is 0. The molecule has 1 heterocycles. The number of sulfonamides is 1. The number of likely N-dealkylation sites (N-methyl/N-ethyl adjacent to an activating group) is 1. The molecule has 0 aromatic carbocycles. The highest BCUT2D eigenvalue weighted by Crippen LogP contribution is 2.28. The minimum Gasteiger partial charge on any atom is -0.379 e. The first-order valence-corrected chi connectivity index (χ1v) is 11.4. The normalized spacial score (nSPS) is 14.7. The number of halogens is 1. The van der Waals surface area contributed by atoms with Gasteiger partial charge in [-0.05, 0) is 44.7 Å². The van der Waals surface area contributed by atoms with Gasteiger partial charge in [0.25, 0.3) is 0 Å². The van der Waals surface area contributed by atoms with Crippen molar-refractivity contribution in [2.45, 2.75) is 30.9 Å². The fraction of sp³-hybridized carbons (Fsp3) is 0.706. The first-order chi connectivity index (χ1) is 12.4. The summed E-state index contributed by atoms with van der Waals surface area (Å²) in [7, 11) is -1.49. The van der Waals surface area contributed by atoms with Gasteiger partial charge in [-0.2, -0.15) is 0 Å². The molecule has 2 N–H and O–H groups in total. The van der Waals surface area contributed by atoms with Crippen LogP contribution in [0.2, 0.25) is 0 Å². The number of aryl methyl sites for hydroxylation is 1. The lowest BCUT2D eigenvalue weighted by Crippen LogP contribution is -2.41. The standard InChI is InChI=1S/C17H30N4O3S2.HI/c1-4-18-17(21(3)11-12-24-13-15-6-7-15)19-9-10-20-26(22,23)16-8-5-14(2)25-16;/h5,8,15,20H,4,6-7,9-13H2,1-3H3,(H,18,19);1H. The van der Waals surface area contributed by atoms with E-state index in [1.807, 2.05) is 25.8 Å². The summed E-state index contributed by atoms with van der Waals surface area (Å²) in [5.41, 5.74) is 0. The summed E-state index contributed by atoms with van der Waals surface area (Å²) in [5.74, 6) is 1.52. The Morgan fingerprint density at radius 2 is 2.15 bits per heavy atom. The highest BCUT2D eigenvalue weighted by Gasteiger charge is 2.21. The molecule has 1 aliphatic rings. The molecule has 0 unspecified atom stereocenters. The van der Waals surface area contributed by atoms with Crippen LogP contribution in [0.25, 0.3) is 0 Å². The lowest BCUT2D eigenvalue weighted by Gasteiger charge is -2.22. The van der Waals surface area contributed by atoms with Gasteiger partial charge in [0.05, 0.1) is 13.2 Å². The third-order valence-corrected chi connectivity index (χ3v) is 6.92. The van der Waals surface area contributed by atoms with Gasteiger partial charge in [0, 0.05) is 38.2 Å². The number of thiophene rings is 1. The van der Waals surface area contributed by atoms with Gasteiger partial charge >= 0.3 is 0 Å². The monoisotopic (exact) mass is 530 g/mol. The number of rotatable bonds is 11. The third kappa shape index (κ3) is 9.07. The van der Waals surface area contributed by atoms with Crippen molar-refractivity contribution in [2.24, 2.45) is 10.9 Å². The summed E-state index contributed by atoms with van der Waals surface area (Å²) in [6, 6.07) is 3.44. The van der Waals surface area contributed by atoms with Crippen LogP contribution < -0.4 is 10.0 Å². The van der Waals surface area contributed by atoms with Crippen LogP contribution in [0.1, 0.15) is 24.6 Å². The molecule has 0 spiro atoms. The molecule has 0 saturated heterocycles. The van der Waals surface area contributed by atoms with E-state index >= 15 is 0 Å². The quantitative estimate of drug-likeness (QED) is 0.199. The molecule has 1 fully saturated rings. The van der Waals surface area contributed by atoms with Gasteiger partial charge in [-0.1, -0.05) is 0 Å². The zero-order chi connectivity index (χ0) is 19.0. The van der Waals surface area contributed by atoms with Crippen LogP contribution in [0.4, 0.5) is 0 Å². The number of aliphatic imine (C=N–C) groups is 1. The molecule has 0 atom stereocenters. The molecule has 1 saturated carbocycles. The largest absolute Gasteiger partial charge is 0.379 e. The van der Waals surface area contributed by atoms with Crippen molar-refractivity contribution in [1.82, 2.24) is 14.9 Å². The van der Waals surface area contributed by atoms with Crippen LogP contribution in [0.3, 0.4) is 0 Å². The Bertz CT molecular complexity index is 690. The Labute approximate surface area is 184 Å². The molecule has 156 valence electrons. The predicted molar refractivity (Wildman–Crippen MR) is 122 cm³/mol. The molecule has 0 radical (unpaired) electrons. The first-order valence-electron chi connectivity index (χ1n) is 9.05. The number of hydrogen-bond donors (Lipinski definition) is 2. The van der Waals surface area contributed by atoms with E-state index in [4.69, 9.17) is 4.74 Å². The number of ether oxygens (including phenoxy) is 1.